The van der Waals surface area contributed by atoms with E-state index in [2.05, 4.69) is 5.32 Å². The Hall–Kier alpha value is -3.93. The first kappa shape index (κ1) is 23.2. The number of likely N-dealkylation sites (tertiary alicyclic amines) is 1. The Morgan fingerprint density at radius 1 is 0.971 bits per heavy atom. The van der Waals surface area contributed by atoms with E-state index < -0.39 is 0 Å². The van der Waals surface area contributed by atoms with Gasteiger partial charge in [-0.25, -0.2) is 0 Å². The molecular weight excluding hydrogens is 426 g/mol. The average Bonchev–Trinajstić information content (AvgIpc) is 3.28. The van der Waals surface area contributed by atoms with E-state index >= 15 is 0 Å². The first-order valence-electron chi connectivity index (χ1n) is 11.5. The molecule has 0 saturated carbocycles. The Morgan fingerprint density at radius 2 is 1.71 bits per heavy atom. The Morgan fingerprint density at radius 3 is 2.38 bits per heavy atom. The number of hydrogen-bond donors (Lipinski definition) is 1. The second-order valence-electron chi connectivity index (χ2n) is 8.65. The highest BCUT2D eigenvalue weighted by Crippen LogP contribution is 2.24. The minimum absolute atomic E-state index is 0.0879. The summed E-state index contributed by atoms with van der Waals surface area (Å²) in [4.78, 5) is 41.0. The molecule has 1 saturated heterocycles. The predicted octanol–water partition coefficient (Wildman–Crippen LogP) is 4.89. The fourth-order valence-corrected chi connectivity index (χ4v) is 4.12. The molecule has 3 amide bonds. The highest BCUT2D eigenvalue weighted by atomic mass is 16.2. The third-order valence-electron chi connectivity index (χ3n) is 6.31. The van der Waals surface area contributed by atoms with Crippen molar-refractivity contribution in [3.63, 3.8) is 0 Å². The lowest BCUT2D eigenvalue weighted by atomic mass is 10.0. The zero-order chi connectivity index (χ0) is 24.1. The van der Waals surface area contributed by atoms with Crippen molar-refractivity contribution >= 4 is 23.4 Å². The molecule has 3 aromatic rings. The fraction of sp³-hybridized carbons (Fsp3) is 0.250. The largest absolute Gasteiger partial charge is 0.338 e. The molecule has 1 heterocycles. The first-order chi connectivity index (χ1) is 16.4. The van der Waals surface area contributed by atoms with Crippen LogP contribution < -0.4 is 5.32 Å². The summed E-state index contributed by atoms with van der Waals surface area (Å²) in [5.41, 5.74) is 3.81. The van der Waals surface area contributed by atoms with E-state index in [1.807, 2.05) is 78.6 Å². The fourth-order valence-electron chi connectivity index (χ4n) is 4.12. The summed E-state index contributed by atoms with van der Waals surface area (Å²) >= 11 is 0. The zero-order valence-corrected chi connectivity index (χ0v) is 19.5. The number of carbonyl (C=O) groups excluding carboxylic acids is 3. The van der Waals surface area contributed by atoms with Crippen LogP contribution in [0.4, 0.5) is 5.69 Å². The summed E-state index contributed by atoms with van der Waals surface area (Å²) in [6.07, 6.45) is 1.53. The summed E-state index contributed by atoms with van der Waals surface area (Å²) in [5, 5.41) is 2.92. The molecule has 1 atom stereocenters. The molecule has 0 bridgehead atoms. The Labute approximate surface area is 200 Å². The number of nitrogens with zero attached hydrogens (tertiary/aromatic N) is 2. The van der Waals surface area contributed by atoms with E-state index in [0.29, 0.717) is 29.8 Å². The van der Waals surface area contributed by atoms with Gasteiger partial charge in [0.1, 0.15) is 0 Å². The maximum absolute atomic E-state index is 13.1. The second kappa shape index (κ2) is 10.3. The van der Waals surface area contributed by atoms with Gasteiger partial charge in [0.05, 0.1) is 6.04 Å². The van der Waals surface area contributed by atoms with Crippen LogP contribution in [0.5, 0.6) is 0 Å². The SMILES string of the molecule is CC(c1cccc(NC(=O)c2ccccc2)c1)N(C)C(=O)c1ccc(CN2CCCC2=O)cc1. The van der Waals surface area contributed by atoms with Crippen LogP contribution >= 0.6 is 0 Å². The van der Waals surface area contributed by atoms with Crippen molar-refractivity contribution in [2.24, 2.45) is 0 Å². The zero-order valence-electron chi connectivity index (χ0n) is 19.5. The standard InChI is InChI=1S/C28H29N3O3/c1-20(24-10-6-11-25(18-24)29-27(33)22-8-4-3-5-9-22)30(2)28(34)23-15-13-21(14-16-23)19-31-17-7-12-26(31)32/h3-6,8-11,13-16,18,20H,7,12,17,19H2,1-2H3,(H,29,33). The maximum atomic E-state index is 13.1. The molecule has 3 aromatic carbocycles. The molecule has 0 radical (unpaired) electrons. The highest BCUT2D eigenvalue weighted by molar-refractivity contribution is 6.04. The lowest BCUT2D eigenvalue weighted by Gasteiger charge is -2.26. The van der Waals surface area contributed by atoms with Gasteiger partial charge in [0.15, 0.2) is 0 Å². The summed E-state index contributed by atoms with van der Waals surface area (Å²) < 4.78 is 0. The lowest BCUT2D eigenvalue weighted by molar-refractivity contribution is -0.128. The Balaban J connectivity index is 1.41. The van der Waals surface area contributed by atoms with Gasteiger partial charge < -0.3 is 15.1 Å². The van der Waals surface area contributed by atoms with Gasteiger partial charge in [-0.3, -0.25) is 14.4 Å². The number of carbonyl (C=O) groups is 3. The lowest BCUT2D eigenvalue weighted by Crippen LogP contribution is -2.29. The second-order valence-corrected chi connectivity index (χ2v) is 8.65. The topological polar surface area (TPSA) is 69.7 Å². The number of nitrogens with one attached hydrogen (secondary N) is 1. The van der Waals surface area contributed by atoms with Crippen molar-refractivity contribution in [2.45, 2.75) is 32.4 Å². The van der Waals surface area contributed by atoms with Crippen molar-refractivity contribution < 1.29 is 14.4 Å². The molecule has 1 unspecified atom stereocenters. The van der Waals surface area contributed by atoms with Crippen LogP contribution in [0.25, 0.3) is 0 Å². The molecule has 4 rings (SSSR count). The van der Waals surface area contributed by atoms with Crippen LogP contribution in [-0.4, -0.2) is 41.1 Å². The molecule has 1 aliphatic heterocycles. The molecule has 1 fully saturated rings. The van der Waals surface area contributed by atoms with Crippen LogP contribution in [0.15, 0.2) is 78.9 Å². The molecule has 0 aromatic heterocycles. The van der Waals surface area contributed by atoms with Crippen molar-refractivity contribution in [2.75, 3.05) is 18.9 Å². The van der Waals surface area contributed by atoms with Gasteiger partial charge in [-0.05, 0) is 60.9 Å². The number of benzene rings is 3. The van der Waals surface area contributed by atoms with E-state index in [9.17, 15) is 14.4 Å². The van der Waals surface area contributed by atoms with Gasteiger partial charge in [-0.15, -0.1) is 0 Å². The number of hydrogen-bond acceptors (Lipinski definition) is 3. The minimum atomic E-state index is -0.192. The van der Waals surface area contributed by atoms with E-state index in [1.54, 1.807) is 24.1 Å². The van der Waals surface area contributed by atoms with E-state index in [0.717, 1.165) is 24.1 Å². The van der Waals surface area contributed by atoms with Crippen molar-refractivity contribution in [1.82, 2.24) is 9.80 Å². The van der Waals surface area contributed by atoms with Crippen molar-refractivity contribution in [3.05, 3.63) is 101 Å². The van der Waals surface area contributed by atoms with E-state index in [-0.39, 0.29) is 23.8 Å². The van der Waals surface area contributed by atoms with Crippen LogP contribution in [0.2, 0.25) is 0 Å². The van der Waals surface area contributed by atoms with Gasteiger partial charge in [0.25, 0.3) is 11.8 Å². The van der Waals surface area contributed by atoms with Gasteiger partial charge in [0.2, 0.25) is 5.91 Å². The molecule has 0 aliphatic carbocycles. The summed E-state index contributed by atoms with van der Waals surface area (Å²) in [7, 11) is 1.78. The van der Waals surface area contributed by atoms with Gasteiger partial charge >= 0.3 is 0 Å². The average molecular weight is 456 g/mol. The molecule has 34 heavy (non-hydrogen) atoms. The number of anilines is 1. The van der Waals surface area contributed by atoms with E-state index in [4.69, 9.17) is 0 Å². The number of rotatable bonds is 7. The van der Waals surface area contributed by atoms with Crippen LogP contribution in [0.3, 0.4) is 0 Å². The molecule has 1 N–H and O–H groups in total. The van der Waals surface area contributed by atoms with Crippen LogP contribution in [0, 0.1) is 0 Å². The molecule has 0 spiro atoms. The third kappa shape index (κ3) is 5.34. The molecular formula is C28H29N3O3. The monoisotopic (exact) mass is 455 g/mol. The van der Waals surface area contributed by atoms with Crippen molar-refractivity contribution in [1.29, 1.82) is 0 Å². The first-order valence-corrected chi connectivity index (χ1v) is 11.5. The highest BCUT2D eigenvalue weighted by Gasteiger charge is 2.22. The summed E-state index contributed by atoms with van der Waals surface area (Å²) in [5.74, 6) is -0.0727. The van der Waals surface area contributed by atoms with Crippen LogP contribution in [-0.2, 0) is 11.3 Å². The summed E-state index contributed by atoms with van der Waals surface area (Å²) in [6.45, 7) is 3.34. The third-order valence-corrected chi connectivity index (χ3v) is 6.31. The van der Waals surface area contributed by atoms with E-state index in [1.165, 1.54) is 0 Å². The molecule has 1 aliphatic rings. The summed E-state index contributed by atoms with van der Waals surface area (Å²) in [6, 6.07) is 23.9. The normalized spacial score (nSPS) is 14.1. The predicted molar refractivity (Wildman–Crippen MR) is 132 cm³/mol. The Kier molecular flexibility index (Phi) is 7.07. The van der Waals surface area contributed by atoms with Gasteiger partial charge in [0, 0.05) is 43.4 Å². The minimum Gasteiger partial charge on any atom is -0.338 e. The van der Waals surface area contributed by atoms with Gasteiger partial charge in [-0.2, -0.15) is 0 Å². The smallest absolute Gasteiger partial charge is 0.255 e. The van der Waals surface area contributed by atoms with Crippen molar-refractivity contribution in [3.8, 4) is 0 Å². The quantitative estimate of drug-likeness (QED) is 0.551. The molecule has 174 valence electrons. The molecule has 6 heteroatoms. The van der Waals surface area contributed by atoms with Gasteiger partial charge in [-0.1, -0.05) is 42.5 Å². The maximum Gasteiger partial charge on any atom is 0.255 e. The van der Waals surface area contributed by atoms with Crippen LogP contribution in [0.1, 0.15) is 57.7 Å². The number of amides is 3. The Bertz CT molecular complexity index is 1180. The molecule has 6 nitrogen and oxygen atoms in total.